The molecule has 2 N–H and O–H groups in total. The Morgan fingerprint density at radius 3 is 2.65 bits per heavy atom. The summed E-state index contributed by atoms with van der Waals surface area (Å²) in [6.07, 6.45) is 5.35. The zero-order valence-electron chi connectivity index (χ0n) is 9.75. The van der Waals surface area contributed by atoms with Crippen LogP contribution in [-0.2, 0) is 0 Å². The Bertz CT molecular complexity index is 387. The number of halogens is 1. The number of nitriles is 1. The summed E-state index contributed by atoms with van der Waals surface area (Å²) in [4.78, 5) is 0. The third-order valence-electron chi connectivity index (χ3n) is 3.43. The Balaban J connectivity index is 2.02. The van der Waals surface area contributed by atoms with Gasteiger partial charge in [-0.3, -0.25) is 0 Å². The molecule has 0 unspecified atom stereocenters. The average molecular weight is 236 g/mol. The molecule has 0 atom stereocenters. The van der Waals surface area contributed by atoms with Gasteiger partial charge in [0.25, 0.3) is 0 Å². The molecule has 0 spiro atoms. The Hall–Kier alpha value is -1.34. The minimum absolute atomic E-state index is 0.164. The van der Waals surface area contributed by atoms with Crippen molar-refractivity contribution in [3.05, 3.63) is 23.2 Å². The fourth-order valence-electron chi connectivity index (χ4n) is 2.38. The van der Waals surface area contributed by atoms with E-state index in [1.165, 1.54) is 6.08 Å². The minimum Gasteiger partial charge on any atom is -0.393 e. The van der Waals surface area contributed by atoms with Crippen molar-refractivity contribution in [2.75, 3.05) is 0 Å². The predicted octanol–water partition coefficient (Wildman–Crippen LogP) is 2.30. The van der Waals surface area contributed by atoms with Gasteiger partial charge in [-0.1, -0.05) is 0 Å². The molecule has 2 aliphatic carbocycles. The molecule has 0 amide bonds. The highest BCUT2D eigenvalue weighted by Crippen LogP contribution is 2.25. The Morgan fingerprint density at radius 2 is 2.00 bits per heavy atom. The molecule has 0 radical (unpaired) electrons. The van der Waals surface area contributed by atoms with E-state index in [1.807, 2.05) is 0 Å². The number of nitrogens with one attached hydrogen (secondary N) is 1. The molecule has 1 saturated carbocycles. The van der Waals surface area contributed by atoms with Gasteiger partial charge in [0.1, 0.15) is 5.83 Å². The SMILES string of the molecule is N#CC1=C(NC2CCC(O)CC2)C=C(F)CC1. The van der Waals surface area contributed by atoms with E-state index in [0.29, 0.717) is 24.1 Å². The Kier molecular flexibility index (Phi) is 3.80. The summed E-state index contributed by atoms with van der Waals surface area (Å²) in [6.45, 7) is 0. The fourth-order valence-corrected chi connectivity index (χ4v) is 2.38. The molecule has 0 heterocycles. The lowest BCUT2D eigenvalue weighted by Crippen LogP contribution is -2.34. The lowest BCUT2D eigenvalue weighted by molar-refractivity contribution is 0.119. The molecule has 17 heavy (non-hydrogen) atoms. The Labute approximate surface area is 101 Å². The summed E-state index contributed by atoms with van der Waals surface area (Å²) < 4.78 is 13.2. The summed E-state index contributed by atoms with van der Waals surface area (Å²) in [7, 11) is 0. The summed E-state index contributed by atoms with van der Waals surface area (Å²) in [6, 6.07) is 2.38. The van der Waals surface area contributed by atoms with Crippen LogP contribution in [-0.4, -0.2) is 17.3 Å². The van der Waals surface area contributed by atoms with Crippen molar-refractivity contribution < 1.29 is 9.50 Å². The topological polar surface area (TPSA) is 56.0 Å². The highest BCUT2D eigenvalue weighted by Gasteiger charge is 2.21. The highest BCUT2D eigenvalue weighted by atomic mass is 19.1. The number of rotatable bonds is 2. The smallest absolute Gasteiger partial charge is 0.102 e. The second-order valence-corrected chi connectivity index (χ2v) is 4.75. The summed E-state index contributed by atoms with van der Waals surface area (Å²) in [5, 5.41) is 21.6. The van der Waals surface area contributed by atoms with E-state index in [1.54, 1.807) is 0 Å². The van der Waals surface area contributed by atoms with E-state index >= 15 is 0 Å². The molecule has 92 valence electrons. The number of aliphatic hydroxyl groups excluding tert-OH is 1. The molecule has 2 rings (SSSR count). The van der Waals surface area contributed by atoms with Crippen molar-refractivity contribution in [2.24, 2.45) is 0 Å². The highest BCUT2D eigenvalue weighted by molar-refractivity contribution is 5.38. The van der Waals surface area contributed by atoms with Crippen molar-refractivity contribution in [1.82, 2.24) is 5.32 Å². The van der Waals surface area contributed by atoms with Gasteiger partial charge in [0.05, 0.1) is 23.4 Å². The first kappa shape index (κ1) is 12.1. The van der Waals surface area contributed by atoms with Crippen LogP contribution in [0.25, 0.3) is 0 Å². The van der Waals surface area contributed by atoms with Gasteiger partial charge >= 0.3 is 0 Å². The normalized spacial score (nSPS) is 29.6. The summed E-state index contributed by atoms with van der Waals surface area (Å²) in [5.41, 5.74) is 1.27. The molecule has 0 aliphatic heterocycles. The van der Waals surface area contributed by atoms with Gasteiger partial charge in [-0.15, -0.1) is 0 Å². The quantitative estimate of drug-likeness (QED) is 0.773. The average Bonchev–Trinajstić information content (AvgIpc) is 2.32. The number of allylic oxidation sites excluding steroid dienone is 3. The molecule has 0 bridgehead atoms. The zero-order chi connectivity index (χ0) is 12.3. The maximum Gasteiger partial charge on any atom is 0.102 e. The van der Waals surface area contributed by atoms with Crippen LogP contribution in [0.3, 0.4) is 0 Å². The van der Waals surface area contributed by atoms with Crippen LogP contribution in [0, 0.1) is 11.3 Å². The van der Waals surface area contributed by atoms with Gasteiger partial charge in [-0.2, -0.15) is 5.26 Å². The van der Waals surface area contributed by atoms with Gasteiger partial charge < -0.3 is 10.4 Å². The monoisotopic (exact) mass is 236 g/mol. The Morgan fingerprint density at radius 1 is 1.29 bits per heavy atom. The van der Waals surface area contributed by atoms with E-state index in [0.717, 1.165) is 25.7 Å². The van der Waals surface area contributed by atoms with Crippen molar-refractivity contribution in [3.8, 4) is 6.07 Å². The predicted molar refractivity (Wildman–Crippen MR) is 62.5 cm³/mol. The van der Waals surface area contributed by atoms with Gasteiger partial charge in [-0.05, 0) is 38.2 Å². The standard InChI is InChI=1S/C13H17FN2O/c14-10-2-1-9(8-15)13(7-10)16-11-3-5-12(17)6-4-11/h7,11-12,16-17H,1-6H2. The van der Waals surface area contributed by atoms with Gasteiger partial charge in [0, 0.05) is 12.5 Å². The maximum atomic E-state index is 13.2. The molecule has 2 aliphatic rings. The molecular weight excluding hydrogens is 219 g/mol. The van der Waals surface area contributed by atoms with Crippen molar-refractivity contribution in [2.45, 2.75) is 50.7 Å². The molecular formula is C13H17FN2O. The second-order valence-electron chi connectivity index (χ2n) is 4.75. The molecule has 1 fully saturated rings. The fraction of sp³-hybridized carbons (Fsp3) is 0.615. The van der Waals surface area contributed by atoms with Crippen LogP contribution < -0.4 is 5.32 Å². The molecule has 0 aromatic carbocycles. The molecule has 0 aromatic heterocycles. The van der Waals surface area contributed by atoms with Crippen LogP contribution in [0.5, 0.6) is 0 Å². The molecule has 0 saturated heterocycles. The van der Waals surface area contributed by atoms with E-state index in [2.05, 4.69) is 11.4 Å². The number of aliphatic hydroxyl groups is 1. The van der Waals surface area contributed by atoms with Gasteiger partial charge in [0.2, 0.25) is 0 Å². The van der Waals surface area contributed by atoms with Crippen LogP contribution in [0.2, 0.25) is 0 Å². The van der Waals surface area contributed by atoms with Crippen molar-refractivity contribution in [3.63, 3.8) is 0 Å². The van der Waals surface area contributed by atoms with Crippen molar-refractivity contribution in [1.29, 1.82) is 5.26 Å². The molecule has 3 nitrogen and oxygen atoms in total. The van der Waals surface area contributed by atoms with Crippen LogP contribution >= 0.6 is 0 Å². The number of hydrogen-bond acceptors (Lipinski definition) is 3. The lowest BCUT2D eigenvalue weighted by atomic mass is 9.92. The largest absolute Gasteiger partial charge is 0.393 e. The van der Waals surface area contributed by atoms with E-state index in [-0.39, 0.29) is 18.0 Å². The third kappa shape index (κ3) is 3.07. The van der Waals surface area contributed by atoms with Gasteiger partial charge in [0.15, 0.2) is 0 Å². The van der Waals surface area contributed by atoms with Gasteiger partial charge in [-0.25, -0.2) is 4.39 Å². The summed E-state index contributed by atoms with van der Waals surface area (Å²) in [5.74, 6) is -0.164. The van der Waals surface area contributed by atoms with E-state index in [9.17, 15) is 9.50 Å². The third-order valence-corrected chi connectivity index (χ3v) is 3.43. The number of nitrogens with zero attached hydrogens (tertiary/aromatic N) is 1. The first-order valence-corrected chi connectivity index (χ1v) is 6.13. The van der Waals surface area contributed by atoms with Crippen molar-refractivity contribution >= 4 is 0 Å². The maximum absolute atomic E-state index is 13.2. The minimum atomic E-state index is -0.198. The zero-order valence-corrected chi connectivity index (χ0v) is 9.75. The van der Waals surface area contributed by atoms with E-state index < -0.39 is 0 Å². The first-order valence-electron chi connectivity index (χ1n) is 6.13. The number of hydrogen-bond donors (Lipinski definition) is 2. The van der Waals surface area contributed by atoms with Crippen LogP contribution in [0.15, 0.2) is 23.2 Å². The first-order chi connectivity index (χ1) is 8.19. The lowest BCUT2D eigenvalue weighted by Gasteiger charge is -2.28. The molecule has 0 aromatic rings. The van der Waals surface area contributed by atoms with E-state index in [4.69, 9.17) is 5.26 Å². The molecule has 4 heteroatoms. The van der Waals surface area contributed by atoms with Crippen LogP contribution in [0.4, 0.5) is 4.39 Å². The van der Waals surface area contributed by atoms with Crippen LogP contribution in [0.1, 0.15) is 38.5 Å². The summed E-state index contributed by atoms with van der Waals surface area (Å²) >= 11 is 0. The second kappa shape index (κ2) is 5.33.